The van der Waals surface area contributed by atoms with E-state index in [-0.39, 0.29) is 37.3 Å². The molecule has 28 heavy (non-hydrogen) atoms. The molecular weight excluding hydrogens is 382 g/mol. The largest absolute Gasteiger partial charge is 0.486 e. The molecule has 1 aliphatic rings. The van der Waals surface area contributed by atoms with Crippen molar-refractivity contribution < 1.29 is 19.1 Å². The van der Waals surface area contributed by atoms with Crippen LogP contribution < -0.4 is 20.1 Å². The minimum Gasteiger partial charge on any atom is -0.486 e. The summed E-state index contributed by atoms with van der Waals surface area (Å²) in [6.45, 7) is 3.41. The van der Waals surface area contributed by atoms with Gasteiger partial charge in [0.15, 0.2) is 11.5 Å². The van der Waals surface area contributed by atoms with E-state index in [0.29, 0.717) is 36.9 Å². The van der Waals surface area contributed by atoms with Gasteiger partial charge in [-0.1, -0.05) is 18.2 Å². The first kappa shape index (κ1) is 21.4. The maximum atomic E-state index is 12.4. The molecule has 3 rings (SSSR count). The van der Waals surface area contributed by atoms with Crippen molar-refractivity contribution in [1.82, 2.24) is 4.90 Å². The van der Waals surface area contributed by atoms with Crippen molar-refractivity contribution in [1.29, 1.82) is 0 Å². The Balaban J connectivity index is 0.00000280. The number of rotatable bonds is 7. The van der Waals surface area contributed by atoms with Crippen molar-refractivity contribution in [3.05, 3.63) is 48.5 Å². The quantitative estimate of drug-likeness (QED) is 0.740. The predicted molar refractivity (Wildman–Crippen MR) is 110 cm³/mol. The number of anilines is 2. The number of para-hydroxylation sites is 1. The fraction of sp³-hybridized carbons (Fsp3) is 0.300. The summed E-state index contributed by atoms with van der Waals surface area (Å²) in [4.78, 5) is 26.2. The molecule has 0 saturated carbocycles. The lowest BCUT2D eigenvalue weighted by Crippen LogP contribution is -2.40. The Labute approximate surface area is 170 Å². The molecule has 150 valence electrons. The van der Waals surface area contributed by atoms with Gasteiger partial charge < -0.3 is 25.0 Å². The summed E-state index contributed by atoms with van der Waals surface area (Å²) >= 11 is 0. The first-order valence-electron chi connectivity index (χ1n) is 8.92. The van der Waals surface area contributed by atoms with Crippen LogP contribution in [0.25, 0.3) is 0 Å². The highest BCUT2D eigenvalue weighted by Crippen LogP contribution is 2.32. The molecule has 1 heterocycles. The van der Waals surface area contributed by atoms with E-state index < -0.39 is 0 Å². The van der Waals surface area contributed by atoms with Crippen molar-refractivity contribution in [2.45, 2.75) is 6.92 Å². The number of benzene rings is 2. The Kier molecular flexibility index (Phi) is 7.95. The van der Waals surface area contributed by atoms with Crippen molar-refractivity contribution in [3.63, 3.8) is 0 Å². The highest BCUT2D eigenvalue weighted by Gasteiger charge is 2.17. The second-order valence-corrected chi connectivity index (χ2v) is 6.03. The minimum absolute atomic E-state index is 0. The summed E-state index contributed by atoms with van der Waals surface area (Å²) < 4.78 is 11.0. The zero-order chi connectivity index (χ0) is 19.1. The molecule has 0 bridgehead atoms. The van der Waals surface area contributed by atoms with Gasteiger partial charge in [-0.05, 0) is 31.2 Å². The number of hydrogen-bond donors (Lipinski definition) is 2. The molecule has 0 radical (unpaired) electrons. The number of nitrogens with zero attached hydrogens (tertiary/aromatic N) is 1. The fourth-order valence-electron chi connectivity index (χ4n) is 2.72. The van der Waals surface area contributed by atoms with Crippen molar-refractivity contribution in [2.24, 2.45) is 0 Å². The van der Waals surface area contributed by atoms with E-state index in [1.54, 1.807) is 18.2 Å². The van der Waals surface area contributed by atoms with Gasteiger partial charge in [-0.25, -0.2) is 0 Å². The molecule has 2 N–H and O–H groups in total. The molecule has 2 amide bonds. The van der Waals surface area contributed by atoms with Crippen molar-refractivity contribution in [3.8, 4) is 11.5 Å². The van der Waals surface area contributed by atoms with Gasteiger partial charge in [-0.15, -0.1) is 12.4 Å². The number of halogens is 1. The van der Waals surface area contributed by atoms with Gasteiger partial charge in [0.25, 0.3) is 0 Å². The van der Waals surface area contributed by atoms with Gasteiger partial charge in [0.2, 0.25) is 11.8 Å². The maximum absolute atomic E-state index is 12.4. The molecule has 0 atom stereocenters. The van der Waals surface area contributed by atoms with Gasteiger partial charge in [0, 0.05) is 24.0 Å². The molecule has 0 saturated heterocycles. The predicted octanol–water partition coefficient (Wildman–Crippen LogP) is 2.78. The Hall–Kier alpha value is -2.93. The van der Waals surface area contributed by atoms with Crippen LogP contribution in [0.2, 0.25) is 0 Å². The lowest BCUT2D eigenvalue weighted by molar-refractivity contribution is -0.132. The van der Waals surface area contributed by atoms with Crippen molar-refractivity contribution >= 4 is 35.6 Å². The van der Waals surface area contributed by atoms with Crippen LogP contribution in [0, 0.1) is 0 Å². The first-order valence-corrected chi connectivity index (χ1v) is 8.92. The Bertz CT molecular complexity index is 801. The lowest BCUT2D eigenvalue weighted by Gasteiger charge is -2.22. The number of amides is 2. The third kappa shape index (κ3) is 5.79. The monoisotopic (exact) mass is 405 g/mol. The van der Waals surface area contributed by atoms with E-state index in [1.165, 1.54) is 4.90 Å². The zero-order valence-electron chi connectivity index (χ0n) is 15.6. The van der Waals surface area contributed by atoms with Gasteiger partial charge in [0.1, 0.15) is 13.2 Å². The van der Waals surface area contributed by atoms with E-state index in [2.05, 4.69) is 10.6 Å². The van der Waals surface area contributed by atoms with Gasteiger partial charge in [-0.3, -0.25) is 9.59 Å². The SMILES string of the molecule is CCN(CC(=O)Nc1ccc2c(c1)OCCO2)C(=O)CNc1ccccc1.Cl. The van der Waals surface area contributed by atoms with Gasteiger partial charge in [0.05, 0.1) is 13.1 Å². The van der Waals surface area contributed by atoms with Crippen LogP contribution in [0.5, 0.6) is 11.5 Å². The Morgan fingerprint density at radius 2 is 1.71 bits per heavy atom. The van der Waals surface area contributed by atoms with Crippen LogP contribution >= 0.6 is 12.4 Å². The molecule has 7 nitrogen and oxygen atoms in total. The number of carbonyl (C=O) groups is 2. The van der Waals surface area contributed by atoms with Gasteiger partial charge >= 0.3 is 0 Å². The second kappa shape index (κ2) is 10.4. The molecule has 8 heteroatoms. The number of nitrogens with one attached hydrogen (secondary N) is 2. The number of fused-ring (bicyclic) bond motifs is 1. The Morgan fingerprint density at radius 3 is 2.43 bits per heavy atom. The molecule has 0 unspecified atom stereocenters. The van der Waals surface area contributed by atoms with E-state index in [0.717, 1.165) is 5.69 Å². The van der Waals surface area contributed by atoms with Crippen LogP contribution in [0.15, 0.2) is 48.5 Å². The van der Waals surface area contributed by atoms with Gasteiger partial charge in [-0.2, -0.15) is 0 Å². The fourth-order valence-corrected chi connectivity index (χ4v) is 2.72. The second-order valence-electron chi connectivity index (χ2n) is 6.03. The van der Waals surface area contributed by atoms with E-state index in [4.69, 9.17) is 9.47 Å². The molecule has 1 aliphatic heterocycles. The average molecular weight is 406 g/mol. The molecule has 0 spiro atoms. The lowest BCUT2D eigenvalue weighted by atomic mass is 10.2. The number of hydrogen-bond acceptors (Lipinski definition) is 5. The smallest absolute Gasteiger partial charge is 0.243 e. The minimum atomic E-state index is -0.262. The highest BCUT2D eigenvalue weighted by molar-refractivity contribution is 5.95. The average Bonchev–Trinajstić information content (AvgIpc) is 2.71. The van der Waals surface area contributed by atoms with Crippen LogP contribution in [0.1, 0.15) is 6.92 Å². The summed E-state index contributed by atoms with van der Waals surface area (Å²) in [5, 5.41) is 5.86. The highest BCUT2D eigenvalue weighted by atomic mass is 35.5. The summed E-state index contributed by atoms with van der Waals surface area (Å²) in [5.41, 5.74) is 1.47. The van der Waals surface area contributed by atoms with E-state index in [1.807, 2.05) is 37.3 Å². The molecule has 0 aliphatic carbocycles. The summed E-state index contributed by atoms with van der Waals surface area (Å²) in [5.74, 6) is 0.867. The molecule has 2 aromatic carbocycles. The van der Waals surface area contributed by atoms with Crippen LogP contribution in [0.4, 0.5) is 11.4 Å². The number of likely N-dealkylation sites (N-methyl/N-ethyl adjacent to an activating group) is 1. The summed E-state index contributed by atoms with van der Waals surface area (Å²) in [6.07, 6.45) is 0. The summed E-state index contributed by atoms with van der Waals surface area (Å²) in [6, 6.07) is 14.7. The molecule has 0 aromatic heterocycles. The number of carbonyl (C=O) groups excluding carboxylic acids is 2. The zero-order valence-corrected chi connectivity index (χ0v) is 16.5. The molecule has 2 aromatic rings. The third-order valence-corrected chi connectivity index (χ3v) is 4.11. The standard InChI is InChI=1S/C20H23N3O4.ClH/c1-2-23(20(25)13-21-15-6-4-3-5-7-15)14-19(24)22-16-8-9-17-18(12-16)27-11-10-26-17;/h3-9,12,21H,2,10-11,13-14H2,1H3,(H,22,24);1H. The van der Waals surface area contributed by atoms with E-state index in [9.17, 15) is 9.59 Å². The molecular formula is C20H24ClN3O4. The number of ether oxygens (including phenoxy) is 2. The first-order chi connectivity index (χ1) is 13.2. The van der Waals surface area contributed by atoms with Crippen LogP contribution in [0.3, 0.4) is 0 Å². The van der Waals surface area contributed by atoms with Crippen molar-refractivity contribution in [2.75, 3.05) is 43.5 Å². The normalized spacial score (nSPS) is 11.8. The third-order valence-electron chi connectivity index (χ3n) is 4.11. The topological polar surface area (TPSA) is 79.9 Å². The van der Waals surface area contributed by atoms with E-state index >= 15 is 0 Å². The summed E-state index contributed by atoms with van der Waals surface area (Å²) in [7, 11) is 0. The molecule has 0 fully saturated rings. The Morgan fingerprint density at radius 1 is 1.00 bits per heavy atom. The maximum Gasteiger partial charge on any atom is 0.243 e. The van der Waals surface area contributed by atoms with Crippen LogP contribution in [-0.2, 0) is 9.59 Å². The van der Waals surface area contributed by atoms with Crippen LogP contribution in [-0.4, -0.2) is 49.6 Å².